The Balaban J connectivity index is 1.27. The molecule has 0 N–H and O–H groups in total. The van der Waals surface area contributed by atoms with Crippen LogP contribution < -0.4 is 4.74 Å². The van der Waals surface area contributed by atoms with E-state index in [4.69, 9.17) is 19.2 Å². The molecule has 3 aromatic heterocycles. The van der Waals surface area contributed by atoms with Crippen molar-refractivity contribution >= 4 is 44.3 Å². The van der Waals surface area contributed by atoms with E-state index in [1.54, 1.807) is 36.4 Å². The van der Waals surface area contributed by atoms with E-state index in [1.807, 2.05) is 4.57 Å². The standard InChI is InChI=1S/C29H24BrF2N5O4S/c1-39-28(38)16-5-6-23-24(12-16)37(9-7-18-8-10-40-18)25(33-23)13-17-11-21(32)19(14-20(17)31)22-3-2-4-26(34-22)41-15-27-35-36-29(30)42-27/h2-6,11-12,14,18H,7-10,13,15H2,1H3/t18-/m1/s1. The molecule has 6 rings (SSSR count). The first kappa shape index (κ1) is 28.3. The number of carbonyl (C=O) groups is 1. The van der Waals surface area contributed by atoms with Crippen LogP contribution in [0.2, 0.25) is 0 Å². The molecule has 4 heterocycles. The van der Waals surface area contributed by atoms with Crippen LogP contribution in [0.15, 0.2) is 52.4 Å². The lowest BCUT2D eigenvalue weighted by molar-refractivity contribution is -0.0563. The van der Waals surface area contributed by atoms with Crippen LogP contribution >= 0.6 is 27.3 Å². The van der Waals surface area contributed by atoms with Gasteiger partial charge in [0.1, 0.15) is 24.1 Å². The monoisotopic (exact) mass is 655 g/mol. The van der Waals surface area contributed by atoms with Gasteiger partial charge in [0.2, 0.25) is 5.88 Å². The first-order valence-corrected chi connectivity index (χ1v) is 14.7. The molecular formula is C29H24BrF2N5O4S. The molecule has 1 saturated heterocycles. The van der Waals surface area contributed by atoms with Crippen molar-refractivity contribution in [3.8, 4) is 17.1 Å². The molecule has 216 valence electrons. The highest BCUT2D eigenvalue weighted by Crippen LogP contribution is 2.29. The summed E-state index contributed by atoms with van der Waals surface area (Å²) in [5.74, 6) is -0.877. The van der Waals surface area contributed by atoms with Crippen LogP contribution in [-0.2, 0) is 29.0 Å². The Hall–Kier alpha value is -3.81. The van der Waals surface area contributed by atoms with E-state index in [0.29, 0.717) is 37.9 Å². The number of hydrogen-bond acceptors (Lipinski definition) is 9. The lowest BCUT2D eigenvalue weighted by Gasteiger charge is -2.26. The summed E-state index contributed by atoms with van der Waals surface area (Å²) in [6.45, 7) is 1.43. The normalized spacial score (nSPS) is 14.6. The molecule has 2 aromatic carbocycles. The van der Waals surface area contributed by atoms with E-state index >= 15 is 8.78 Å². The number of hydrogen-bond donors (Lipinski definition) is 0. The fourth-order valence-electron chi connectivity index (χ4n) is 4.75. The summed E-state index contributed by atoms with van der Waals surface area (Å²) in [5.41, 5.74) is 2.14. The van der Waals surface area contributed by atoms with Crippen LogP contribution in [-0.4, -0.2) is 50.5 Å². The Morgan fingerprint density at radius 1 is 1.14 bits per heavy atom. The van der Waals surface area contributed by atoms with Gasteiger partial charge in [0.05, 0.1) is 35.5 Å². The van der Waals surface area contributed by atoms with Crippen molar-refractivity contribution in [1.82, 2.24) is 24.7 Å². The summed E-state index contributed by atoms with van der Waals surface area (Å²) in [6.07, 6.45) is 1.89. The average molecular weight is 657 g/mol. The summed E-state index contributed by atoms with van der Waals surface area (Å²) < 4.78 is 49.6. The number of halogens is 3. The zero-order valence-corrected chi connectivity index (χ0v) is 24.8. The number of esters is 1. The second kappa shape index (κ2) is 12.2. The minimum atomic E-state index is -0.623. The lowest BCUT2D eigenvalue weighted by Crippen LogP contribution is -2.28. The van der Waals surface area contributed by atoms with Gasteiger partial charge < -0.3 is 18.8 Å². The molecule has 0 aliphatic carbocycles. The number of fused-ring (bicyclic) bond motifs is 1. The molecule has 1 fully saturated rings. The molecule has 13 heteroatoms. The molecule has 5 aromatic rings. The van der Waals surface area contributed by atoms with E-state index in [2.05, 4.69) is 31.1 Å². The van der Waals surface area contributed by atoms with Gasteiger partial charge in [0.15, 0.2) is 8.92 Å². The third kappa shape index (κ3) is 6.03. The van der Waals surface area contributed by atoms with Crippen LogP contribution in [0, 0.1) is 11.6 Å². The van der Waals surface area contributed by atoms with Gasteiger partial charge >= 0.3 is 5.97 Å². The number of imidazole rings is 1. The summed E-state index contributed by atoms with van der Waals surface area (Å²) >= 11 is 4.58. The van der Waals surface area contributed by atoms with E-state index in [-0.39, 0.29) is 41.8 Å². The maximum atomic E-state index is 15.5. The molecular weight excluding hydrogens is 632 g/mol. The summed E-state index contributed by atoms with van der Waals surface area (Å²) in [4.78, 5) is 21.2. The highest BCUT2D eigenvalue weighted by molar-refractivity contribution is 9.11. The molecule has 1 aliphatic heterocycles. The second-order valence-electron chi connectivity index (χ2n) is 9.64. The second-order valence-corrected chi connectivity index (χ2v) is 12.0. The molecule has 0 saturated carbocycles. The number of ether oxygens (including phenoxy) is 3. The lowest BCUT2D eigenvalue weighted by atomic mass is 10.0. The molecule has 0 spiro atoms. The number of nitrogens with zero attached hydrogens (tertiary/aromatic N) is 5. The summed E-state index contributed by atoms with van der Waals surface area (Å²) in [6, 6.07) is 12.3. The predicted octanol–water partition coefficient (Wildman–Crippen LogP) is 6.13. The van der Waals surface area contributed by atoms with E-state index in [9.17, 15) is 4.79 Å². The fourth-order valence-corrected chi connectivity index (χ4v) is 5.87. The predicted molar refractivity (Wildman–Crippen MR) is 154 cm³/mol. The van der Waals surface area contributed by atoms with Gasteiger partial charge in [-0.1, -0.05) is 17.4 Å². The zero-order chi connectivity index (χ0) is 29.2. The van der Waals surface area contributed by atoms with Crippen molar-refractivity contribution in [1.29, 1.82) is 0 Å². The number of rotatable bonds is 10. The summed E-state index contributed by atoms with van der Waals surface area (Å²) in [5, 5.41) is 8.49. The zero-order valence-electron chi connectivity index (χ0n) is 22.3. The van der Waals surface area contributed by atoms with Gasteiger partial charge in [-0.25, -0.2) is 23.5 Å². The van der Waals surface area contributed by atoms with Crippen LogP contribution in [0.1, 0.15) is 39.6 Å². The van der Waals surface area contributed by atoms with Crippen molar-refractivity contribution in [2.45, 2.75) is 38.5 Å². The Kier molecular flexibility index (Phi) is 8.22. The highest BCUT2D eigenvalue weighted by atomic mass is 79.9. The first-order valence-electron chi connectivity index (χ1n) is 13.1. The van der Waals surface area contributed by atoms with Crippen molar-refractivity contribution in [2.24, 2.45) is 0 Å². The van der Waals surface area contributed by atoms with Gasteiger partial charge in [0.25, 0.3) is 0 Å². The fraction of sp³-hybridized carbons (Fsp3) is 0.276. The number of pyridine rings is 1. The van der Waals surface area contributed by atoms with Crippen molar-refractivity contribution in [3.63, 3.8) is 0 Å². The van der Waals surface area contributed by atoms with Crippen molar-refractivity contribution in [2.75, 3.05) is 13.7 Å². The molecule has 42 heavy (non-hydrogen) atoms. The maximum Gasteiger partial charge on any atom is 0.337 e. The van der Waals surface area contributed by atoms with Gasteiger partial charge in [0, 0.05) is 31.2 Å². The van der Waals surface area contributed by atoms with Crippen LogP contribution in [0.5, 0.6) is 5.88 Å². The third-order valence-electron chi connectivity index (χ3n) is 6.99. The quantitative estimate of drug-likeness (QED) is 0.166. The van der Waals surface area contributed by atoms with E-state index in [0.717, 1.165) is 25.5 Å². The SMILES string of the molecule is COC(=O)c1ccc2nc(Cc3cc(F)c(-c4cccc(OCc5nnc(Br)s5)n4)cc3F)n(CC[C@@H]3CCO3)c2c1. The molecule has 0 bridgehead atoms. The van der Waals surface area contributed by atoms with Gasteiger partial charge in [-0.3, -0.25) is 0 Å². The molecule has 1 atom stereocenters. The first-order chi connectivity index (χ1) is 20.4. The largest absolute Gasteiger partial charge is 0.470 e. The van der Waals surface area contributed by atoms with Crippen LogP contribution in [0.3, 0.4) is 0 Å². The van der Waals surface area contributed by atoms with Crippen LogP contribution in [0.25, 0.3) is 22.3 Å². The highest BCUT2D eigenvalue weighted by Gasteiger charge is 2.22. The number of carbonyl (C=O) groups excluding carboxylic acids is 1. The molecule has 0 amide bonds. The van der Waals surface area contributed by atoms with E-state index in [1.165, 1.54) is 24.5 Å². The minimum Gasteiger partial charge on any atom is -0.470 e. The third-order valence-corrected chi connectivity index (χ3v) is 8.32. The number of benzene rings is 2. The maximum absolute atomic E-state index is 15.5. The summed E-state index contributed by atoms with van der Waals surface area (Å²) in [7, 11) is 1.32. The van der Waals surface area contributed by atoms with Crippen molar-refractivity contribution < 1.29 is 27.8 Å². The van der Waals surface area contributed by atoms with Crippen LogP contribution in [0.4, 0.5) is 8.78 Å². The average Bonchev–Trinajstić information content (AvgIpc) is 3.54. The Bertz CT molecular complexity index is 1770. The number of aryl methyl sites for hydroxylation is 1. The van der Waals surface area contributed by atoms with Gasteiger partial charge in [-0.05, 0) is 70.7 Å². The molecule has 0 radical (unpaired) electrons. The van der Waals surface area contributed by atoms with Gasteiger partial charge in [-0.2, -0.15) is 0 Å². The van der Waals surface area contributed by atoms with E-state index < -0.39 is 17.6 Å². The number of aromatic nitrogens is 5. The molecule has 1 aliphatic rings. The molecule has 9 nitrogen and oxygen atoms in total. The Labute approximate surface area is 251 Å². The minimum absolute atomic E-state index is 0.0127. The topological polar surface area (TPSA) is 101 Å². The Morgan fingerprint density at radius 2 is 2.00 bits per heavy atom. The number of methoxy groups -OCH3 is 1. The Morgan fingerprint density at radius 3 is 2.74 bits per heavy atom. The molecule has 0 unspecified atom stereocenters. The van der Waals surface area contributed by atoms with Crippen molar-refractivity contribution in [3.05, 3.63) is 86.0 Å². The smallest absolute Gasteiger partial charge is 0.337 e. The van der Waals surface area contributed by atoms with Gasteiger partial charge in [-0.15, -0.1) is 10.2 Å².